The number of likely N-dealkylation sites (tertiary alicyclic amines) is 1. The molecule has 1 aromatic heterocycles. The zero-order valence-corrected chi connectivity index (χ0v) is 29.8. The predicted octanol–water partition coefficient (Wildman–Crippen LogP) is 6.16. The van der Waals surface area contributed by atoms with Crippen LogP contribution in [-0.2, 0) is 14.4 Å². The van der Waals surface area contributed by atoms with E-state index >= 15 is 0 Å². The smallest absolute Gasteiger partial charge is 0.304 e. The van der Waals surface area contributed by atoms with E-state index in [9.17, 15) is 24.6 Å². The largest absolute Gasteiger partial charge is 0.481 e. The molecule has 5 atom stereocenters. The Labute approximate surface area is 293 Å². The van der Waals surface area contributed by atoms with Crippen LogP contribution in [-0.4, -0.2) is 69.2 Å². The number of nitrogens with one attached hydrogen (secondary N) is 2. The molecule has 3 aromatic rings. The first-order chi connectivity index (χ1) is 23.2. The number of hydrogen-bond acceptors (Lipinski definition) is 7. The second kappa shape index (κ2) is 15.2. The highest BCUT2D eigenvalue weighted by molar-refractivity contribution is 7.13. The highest BCUT2D eigenvalue weighted by atomic mass is 32.1. The molecule has 2 aromatic carbocycles. The minimum Gasteiger partial charge on any atom is -0.481 e. The van der Waals surface area contributed by atoms with Gasteiger partial charge in [0.05, 0.1) is 28.6 Å². The lowest BCUT2D eigenvalue weighted by molar-refractivity contribution is -0.142. The van der Waals surface area contributed by atoms with Crippen molar-refractivity contribution in [3.05, 3.63) is 95.2 Å². The van der Waals surface area contributed by atoms with Crippen molar-refractivity contribution in [1.29, 1.82) is 0 Å². The first kappa shape index (κ1) is 36.2. The Bertz CT molecular complexity index is 1690. The molecule has 1 fully saturated rings. The first-order valence-electron chi connectivity index (χ1n) is 16.9. The summed E-state index contributed by atoms with van der Waals surface area (Å²) in [7, 11) is 0. The number of nitrogens with zero attached hydrogens (tertiary/aromatic N) is 2. The van der Waals surface area contributed by atoms with Gasteiger partial charge in [0.2, 0.25) is 11.8 Å². The van der Waals surface area contributed by atoms with Gasteiger partial charge in [-0.2, -0.15) is 0 Å². The SMILES string of the molecule is Cc1ncsc1-c1ccc([C@H](C)NC[C@@H]2C[C@@H](O)CN2C(=O)[C@@H](NC(=O)CC2(CC(=O)O)C=CC=C(c3ccccc3)C2)C(C)(C)C)cc1. The van der Waals surface area contributed by atoms with Crippen LogP contribution >= 0.6 is 11.3 Å². The molecule has 4 N–H and O–H groups in total. The summed E-state index contributed by atoms with van der Waals surface area (Å²) in [5.41, 5.74) is 5.47. The summed E-state index contributed by atoms with van der Waals surface area (Å²) in [6, 6.07) is 17.0. The first-order valence-corrected chi connectivity index (χ1v) is 17.8. The van der Waals surface area contributed by atoms with E-state index in [1.54, 1.807) is 16.2 Å². The van der Waals surface area contributed by atoms with Gasteiger partial charge in [-0.1, -0.05) is 93.6 Å². The van der Waals surface area contributed by atoms with E-state index < -0.39 is 28.9 Å². The lowest BCUT2D eigenvalue weighted by Gasteiger charge is -2.37. The number of carboxylic acid groups (broad SMARTS) is 1. The number of aromatic nitrogens is 1. The number of aliphatic hydroxyl groups excluding tert-OH is 1. The van der Waals surface area contributed by atoms with E-state index in [1.807, 2.05) is 81.8 Å². The van der Waals surface area contributed by atoms with Crippen molar-refractivity contribution in [3.8, 4) is 10.4 Å². The standard InChI is InChI=1S/C39H48N4O5S/c1-25(27-13-15-29(16-14-27)35-26(2)41-24-49-35)40-22-31-18-32(44)23-43(31)37(48)36(38(3,4)5)42-33(45)20-39(21-34(46)47)17-9-12-30(19-39)28-10-7-6-8-11-28/h6-17,24-25,31-32,36,40,44H,18-23H2,1-5H3,(H,42,45)(H,46,47)/t25-,31-,32+,36+,39?/m0/s1. The van der Waals surface area contributed by atoms with E-state index in [0.717, 1.165) is 32.8 Å². The Morgan fingerprint density at radius 2 is 1.78 bits per heavy atom. The molecule has 0 saturated carbocycles. The number of rotatable bonds is 12. The molecule has 2 aliphatic rings. The second-order valence-electron chi connectivity index (χ2n) is 14.6. The number of β-amino-alcohol motifs (C(OH)–C–C–N with tert-alkyl or cyclic N) is 1. The van der Waals surface area contributed by atoms with Gasteiger partial charge in [-0.3, -0.25) is 14.4 Å². The molecule has 1 unspecified atom stereocenters. The minimum atomic E-state index is -0.989. The molecule has 9 nitrogen and oxygen atoms in total. The molecule has 10 heteroatoms. The van der Waals surface area contributed by atoms with Crippen LogP contribution in [0.1, 0.15) is 76.2 Å². The Morgan fingerprint density at radius 1 is 1.06 bits per heavy atom. The third-order valence-electron chi connectivity index (χ3n) is 9.62. The molecule has 1 aliphatic heterocycles. The summed E-state index contributed by atoms with van der Waals surface area (Å²) in [6.07, 6.45) is 5.46. The molecular formula is C39H48N4O5S. The fourth-order valence-electron chi connectivity index (χ4n) is 6.96. The molecule has 0 bridgehead atoms. The molecular weight excluding hydrogens is 637 g/mol. The van der Waals surface area contributed by atoms with Gasteiger partial charge in [0, 0.05) is 37.0 Å². The topological polar surface area (TPSA) is 132 Å². The Hall–Kier alpha value is -4.12. The fourth-order valence-corrected chi connectivity index (χ4v) is 7.77. The van der Waals surface area contributed by atoms with Gasteiger partial charge < -0.3 is 25.7 Å². The summed E-state index contributed by atoms with van der Waals surface area (Å²) < 4.78 is 0. The zero-order chi connectivity index (χ0) is 35.3. The maximum Gasteiger partial charge on any atom is 0.304 e. The van der Waals surface area contributed by atoms with Crippen molar-refractivity contribution in [2.24, 2.45) is 10.8 Å². The molecule has 1 aliphatic carbocycles. The maximum atomic E-state index is 14.2. The molecule has 0 radical (unpaired) electrons. The van der Waals surface area contributed by atoms with E-state index in [-0.39, 0.29) is 43.3 Å². The number of thiazole rings is 1. The Kier molecular flexibility index (Phi) is 11.2. The van der Waals surface area contributed by atoms with Crippen molar-refractivity contribution >= 4 is 34.7 Å². The van der Waals surface area contributed by atoms with Crippen LogP contribution in [0, 0.1) is 17.8 Å². The molecule has 260 valence electrons. The minimum absolute atomic E-state index is 0.00761. The Balaban J connectivity index is 1.25. The lowest BCUT2D eigenvalue weighted by atomic mass is 9.71. The number of carboxylic acids is 1. The lowest BCUT2D eigenvalue weighted by Crippen LogP contribution is -2.57. The van der Waals surface area contributed by atoms with Gasteiger partial charge in [0.1, 0.15) is 6.04 Å². The van der Waals surface area contributed by atoms with E-state index in [0.29, 0.717) is 19.4 Å². The normalized spacial score (nSPS) is 22.0. The molecule has 0 spiro atoms. The third kappa shape index (κ3) is 8.92. The van der Waals surface area contributed by atoms with E-state index in [2.05, 4.69) is 46.8 Å². The average molecular weight is 685 g/mol. The van der Waals surface area contributed by atoms with Crippen molar-refractivity contribution in [1.82, 2.24) is 20.5 Å². The molecule has 2 heterocycles. The van der Waals surface area contributed by atoms with Gasteiger partial charge in [-0.15, -0.1) is 11.3 Å². The number of hydrogen-bond donors (Lipinski definition) is 4. The third-order valence-corrected chi connectivity index (χ3v) is 10.6. The van der Waals surface area contributed by atoms with Crippen LogP contribution in [0.3, 0.4) is 0 Å². The van der Waals surface area contributed by atoms with Gasteiger partial charge in [0.25, 0.3) is 0 Å². The van der Waals surface area contributed by atoms with E-state index in [1.165, 1.54) is 0 Å². The van der Waals surface area contributed by atoms with Crippen LogP contribution in [0.15, 0.2) is 78.3 Å². The van der Waals surface area contributed by atoms with Gasteiger partial charge in [-0.05, 0) is 54.4 Å². The zero-order valence-electron chi connectivity index (χ0n) is 29.0. The van der Waals surface area contributed by atoms with Gasteiger partial charge >= 0.3 is 5.97 Å². The summed E-state index contributed by atoms with van der Waals surface area (Å²) in [6.45, 7) is 10.4. The number of aryl methyl sites for hydroxylation is 1. The maximum absolute atomic E-state index is 14.2. The summed E-state index contributed by atoms with van der Waals surface area (Å²) in [5.74, 6) is -1.62. The van der Waals surface area contributed by atoms with Gasteiger partial charge in [0.15, 0.2) is 0 Å². The summed E-state index contributed by atoms with van der Waals surface area (Å²) in [4.78, 5) is 47.2. The van der Waals surface area contributed by atoms with Gasteiger partial charge in [-0.25, -0.2) is 4.98 Å². The summed E-state index contributed by atoms with van der Waals surface area (Å²) in [5, 5.41) is 27.1. The fraction of sp³-hybridized carbons (Fsp3) is 0.436. The van der Waals surface area contributed by atoms with Crippen molar-refractivity contribution in [3.63, 3.8) is 0 Å². The second-order valence-corrected chi connectivity index (χ2v) is 15.5. The highest BCUT2D eigenvalue weighted by Gasteiger charge is 2.43. The molecule has 2 amide bonds. The van der Waals surface area contributed by atoms with Crippen LogP contribution < -0.4 is 10.6 Å². The van der Waals surface area contributed by atoms with Crippen LogP contribution in [0.5, 0.6) is 0 Å². The predicted molar refractivity (Wildman–Crippen MR) is 194 cm³/mol. The molecule has 1 saturated heterocycles. The van der Waals surface area contributed by atoms with Crippen LogP contribution in [0.4, 0.5) is 0 Å². The van der Waals surface area contributed by atoms with Crippen molar-refractivity contribution < 1.29 is 24.6 Å². The summed E-state index contributed by atoms with van der Waals surface area (Å²) >= 11 is 1.62. The number of carbonyl (C=O) groups excluding carboxylic acids is 2. The van der Waals surface area contributed by atoms with Crippen LogP contribution in [0.2, 0.25) is 0 Å². The highest BCUT2D eigenvalue weighted by Crippen LogP contribution is 2.42. The van der Waals surface area contributed by atoms with Crippen molar-refractivity contribution in [2.75, 3.05) is 13.1 Å². The molecule has 5 rings (SSSR count). The number of allylic oxidation sites excluding steroid dienone is 4. The number of carbonyl (C=O) groups is 3. The number of amides is 2. The molecule has 49 heavy (non-hydrogen) atoms. The number of aliphatic carboxylic acids is 1. The average Bonchev–Trinajstić information content (AvgIpc) is 3.66. The van der Waals surface area contributed by atoms with Crippen molar-refractivity contribution in [2.45, 2.75) is 84.5 Å². The Morgan fingerprint density at radius 3 is 2.41 bits per heavy atom. The van der Waals surface area contributed by atoms with Crippen LogP contribution in [0.25, 0.3) is 16.0 Å². The quantitative estimate of drug-likeness (QED) is 0.180. The van der Waals surface area contributed by atoms with E-state index in [4.69, 9.17) is 0 Å². The number of benzene rings is 2. The number of aliphatic hydroxyl groups is 1. The monoisotopic (exact) mass is 684 g/mol.